The van der Waals surface area contributed by atoms with Crippen LogP contribution in [0.15, 0.2) is 41.0 Å². The second kappa shape index (κ2) is 8.17. The molecule has 1 amide bonds. The minimum atomic E-state index is -4.86. The van der Waals surface area contributed by atoms with Crippen LogP contribution in [-0.2, 0) is 6.18 Å². The minimum Gasteiger partial charge on any atom is -0.493 e. The Kier molecular flexibility index (Phi) is 5.56. The first-order chi connectivity index (χ1) is 14.8. The molecule has 1 aromatic carbocycles. The highest BCUT2D eigenvalue weighted by atomic mass is 79.9. The highest BCUT2D eigenvalue weighted by molar-refractivity contribution is 9.10. The number of amides is 1. The lowest BCUT2D eigenvalue weighted by Crippen LogP contribution is -2.33. The van der Waals surface area contributed by atoms with Gasteiger partial charge >= 0.3 is 6.18 Å². The highest BCUT2D eigenvalue weighted by Gasteiger charge is 2.41. The Hall–Kier alpha value is -3.15. The first kappa shape index (κ1) is 21.1. The molecule has 1 aliphatic rings. The van der Waals surface area contributed by atoms with Crippen molar-refractivity contribution in [3.63, 3.8) is 0 Å². The predicted molar refractivity (Wildman–Crippen MR) is 105 cm³/mol. The summed E-state index contributed by atoms with van der Waals surface area (Å²) in [5.74, 6) is -0.405. The first-order valence-corrected chi connectivity index (χ1v) is 9.83. The topological polar surface area (TPSA) is 91.2 Å². The van der Waals surface area contributed by atoms with E-state index < -0.39 is 29.4 Å². The summed E-state index contributed by atoms with van der Waals surface area (Å²) in [6.45, 7) is 0.326. The molecule has 1 atom stereocenters. The molecule has 0 aliphatic carbocycles. The second-order valence-electron chi connectivity index (χ2n) is 6.60. The fraction of sp³-hybridized carbons (Fsp3) is 0.263. The number of nitrogens with one attached hydrogen (secondary N) is 1. The Balaban J connectivity index is 1.68. The number of fused-ring (bicyclic) bond motifs is 1. The van der Waals surface area contributed by atoms with Crippen molar-refractivity contribution in [2.75, 3.05) is 13.7 Å². The Morgan fingerprint density at radius 2 is 2.10 bits per heavy atom. The number of alkyl halides is 3. The van der Waals surface area contributed by atoms with Gasteiger partial charge in [0.25, 0.3) is 5.91 Å². The number of nitrogens with zero attached hydrogens (tertiary/aromatic N) is 4. The summed E-state index contributed by atoms with van der Waals surface area (Å²) in [5.41, 5.74) is -1.19. The standard InChI is InChI=1S/C19H15BrF3N5O3/c1-30-16-5-4-15(26-27-16)28-17(19(21,22)23)12(9-24-28)18(29)25-13-6-7-31-14-3-2-10(20)8-11(13)14/h2-5,8-9,13H,6-7H2,1H3,(H,25,29). The fourth-order valence-corrected chi connectivity index (χ4v) is 3.63. The molecule has 0 saturated carbocycles. The normalized spacial score (nSPS) is 15.7. The fourth-order valence-electron chi connectivity index (χ4n) is 3.25. The van der Waals surface area contributed by atoms with Gasteiger partial charge in [0.1, 0.15) is 5.75 Å². The summed E-state index contributed by atoms with van der Waals surface area (Å²) >= 11 is 3.35. The molecule has 162 valence electrons. The lowest BCUT2D eigenvalue weighted by molar-refractivity contribution is -0.143. The van der Waals surface area contributed by atoms with Crippen LogP contribution in [0.5, 0.6) is 11.6 Å². The van der Waals surface area contributed by atoms with Crippen LogP contribution >= 0.6 is 15.9 Å². The number of hydrogen-bond donors (Lipinski definition) is 1. The molecular weight excluding hydrogens is 483 g/mol. The second-order valence-corrected chi connectivity index (χ2v) is 7.51. The van der Waals surface area contributed by atoms with Gasteiger partial charge in [-0.15, -0.1) is 10.2 Å². The molecule has 1 aliphatic heterocycles. The van der Waals surface area contributed by atoms with Crippen molar-refractivity contribution in [2.24, 2.45) is 0 Å². The Morgan fingerprint density at radius 1 is 1.29 bits per heavy atom. The van der Waals surface area contributed by atoms with Gasteiger partial charge in [-0.25, -0.2) is 4.68 Å². The number of methoxy groups -OCH3 is 1. The summed E-state index contributed by atoms with van der Waals surface area (Å²) in [5, 5.41) is 13.8. The zero-order chi connectivity index (χ0) is 22.2. The van der Waals surface area contributed by atoms with Crippen molar-refractivity contribution < 1.29 is 27.4 Å². The summed E-state index contributed by atoms with van der Waals surface area (Å²) in [6, 6.07) is 7.38. The third-order valence-corrected chi connectivity index (χ3v) is 5.14. The Bertz CT molecular complexity index is 1120. The SMILES string of the molecule is COc1ccc(-n2ncc(C(=O)NC3CCOc4ccc(Br)cc43)c2C(F)(F)F)nn1. The van der Waals surface area contributed by atoms with E-state index in [2.05, 4.69) is 36.5 Å². The number of hydrogen-bond acceptors (Lipinski definition) is 6. The predicted octanol–water partition coefficient (Wildman–Crippen LogP) is 3.71. The van der Waals surface area contributed by atoms with Crippen molar-refractivity contribution in [1.29, 1.82) is 0 Å². The molecule has 2 aromatic heterocycles. The lowest BCUT2D eigenvalue weighted by atomic mass is 10.00. The lowest BCUT2D eigenvalue weighted by Gasteiger charge is -2.27. The van der Waals surface area contributed by atoms with Crippen LogP contribution in [0, 0.1) is 0 Å². The highest BCUT2D eigenvalue weighted by Crippen LogP contribution is 2.36. The molecular formula is C19H15BrF3N5O3. The van der Waals surface area contributed by atoms with Crippen LogP contribution in [0.1, 0.15) is 34.1 Å². The smallest absolute Gasteiger partial charge is 0.434 e. The zero-order valence-corrected chi connectivity index (χ0v) is 17.6. The largest absolute Gasteiger partial charge is 0.493 e. The van der Waals surface area contributed by atoms with E-state index in [1.165, 1.54) is 19.2 Å². The Morgan fingerprint density at radius 3 is 2.77 bits per heavy atom. The van der Waals surface area contributed by atoms with E-state index in [9.17, 15) is 18.0 Å². The van der Waals surface area contributed by atoms with Crippen molar-refractivity contribution in [3.05, 3.63) is 57.8 Å². The monoisotopic (exact) mass is 497 g/mol. The van der Waals surface area contributed by atoms with Gasteiger partial charge in [0.2, 0.25) is 5.88 Å². The van der Waals surface area contributed by atoms with Gasteiger partial charge < -0.3 is 14.8 Å². The first-order valence-electron chi connectivity index (χ1n) is 9.04. The third kappa shape index (κ3) is 4.20. The molecule has 31 heavy (non-hydrogen) atoms. The molecule has 0 bridgehead atoms. The number of ether oxygens (including phenoxy) is 2. The maximum atomic E-state index is 13.9. The van der Waals surface area contributed by atoms with Crippen LogP contribution in [0.4, 0.5) is 13.2 Å². The Labute approximate surface area is 182 Å². The maximum Gasteiger partial charge on any atom is 0.434 e. The van der Waals surface area contributed by atoms with E-state index in [1.807, 2.05) is 0 Å². The van der Waals surface area contributed by atoms with E-state index in [1.54, 1.807) is 18.2 Å². The number of rotatable bonds is 4. The minimum absolute atomic E-state index is 0.131. The molecule has 8 nitrogen and oxygen atoms in total. The molecule has 3 heterocycles. The molecule has 0 radical (unpaired) electrons. The molecule has 4 rings (SSSR count). The van der Waals surface area contributed by atoms with Crippen molar-refractivity contribution in [3.8, 4) is 17.4 Å². The van der Waals surface area contributed by atoms with Crippen LogP contribution in [-0.4, -0.2) is 39.6 Å². The van der Waals surface area contributed by atoms with Crippen molar-refractivity contribution in [1.82, 2.24) is 25.3 Å². The van der Waals surface area contributed by atoms with Gasteiger partial charge in [-0.2, -0.15) is 18.3 Å². The van der Waals surface area contributed by atoms with E-state index in [0.29, 0.717) is 29.0 Å². The van der Waals surface area contributed by atoms with Gasteiger partial charge in [-0.1, -0.05) is 15.9 Å². The molecule has 1 unspecified atom stereocenters. The molecule has 0 spiro atoms. The van der Waals surface area contributed by atoms with E-state index in [0.717, 1.165) is 10.7 Å². The van der Waals surface area contributed by atoms with E-state index in [4.69, 9.17) is 9.47 Å². The van der Waals surface area contributed by atoms with Gasteiger partial charge in [-0.05, 0) is 24.3 Å². The number of carbonyl (C=O) groups is 1. The average molecular weight is 498 g/mol. The van der Waals surface area contributed by atoms with Gasteiger partial charge in [0.05, 0.1) is 31.5 Å². The molecule has 0 fully saturated rings. The van der Waals surface area contributed by atoms with Crippen LogP contribution in [0.25, 0.3) is 5.82 Å². The molecule has 1 N–H and O–H groups in total. The summed E-state index contributed by atoms with van der Waals surface area (Å²) < 4.78 is 53.3. The molecule has 0 saturated heterocycles. The van der Waals surface area contributed by atoms with Crippen LogP contribution < -0.4 is 14.8 Å². The summed E-state index contributed by atoms with van der Waals surface area (Å²) in [6.07, 6.45) is -3.58. The number of halogens is 4. The van der Waals surface area contributed by atoms with Crippen molar-refractivity contribution >= 4 is 21.8 Å². The van der Waals surface area contributed by atoms with Gasteiger partial charge in [0, 0.05) is 22.5 Å². The van der Waals surface area contributed by atoms with Crippen LogP contribution in [0.2, 0.25) is 0 Å². The number of benzene rings is 1. The number of carbonyl (C=O) groups excluding carboxylic acids is 1. The van der Waals surface area contributed by atoms with E-state index in [-0.39, 0.29) is 11.7 Å². The quantitative estimate of drug-likeness (QED) is 0.590. The van der Waals surface area contributed by atoms with Crippen LogP contribution in [0.3, 0.4) is 0 Å². The summed E-state index contributed by atoms with van der Waals surface area (Å²) in [7, 11) is 1.36. The molecule has 12 heteroatoms. The summed E-state index contributed by atoms with van der Waals surface area (Å²) in [4.78, 5) is 12.8. The molecule has 3 aromatic rings. The third-order valence-electron chi connectivity index (χ3n) is 4.65. The zero-order valence-electron chi connectivity index (χ0n) is 16.0. The van der Waals surface area contributed by atoms with Crippen molar-refractivity contribution in [2.45, 2.75) is 18.6 Å². The maximum absolute atomic E-state index is 13.9. The van der Waals surface area contributed by atoms with E-state index >= 15 is 0 Å². The number of aromatic nitrogens is 4. The van der Waals surface area contributed by atoms with Gasteiger partial charge in [-0.3, -0.25) is 4.79 Å². The van der Waals surface area contributed by atoms with Gasteiger partial charge in [0.15, 0.2) is 11.5 Å². The average Bonchev–Trinajstić information content (AvgIpc) is 3.20.